The van der Waals surface area contributed by atoms with Gasteiger partial charge < -0.3 is 15.5 Å². The van der Waals surface area contributed by atoms with E-state index in [0.717, 1.165) is 46.5 Å². The van der Waals surface area contributed by atoms with E-state index in [1.807, 2.05) is 31.5 Å². The zero-order chi connectivity index (χ0) is 20.7. The normalized spacial score (nSPS) is 15.2. The summed E-state index contributed by atoms with van der Waals surface area (Å²) in [5.74, 6) is 1.57. The van der Waals surface area contributed by atoms with Gasteiger partial charge in [0.1, 0.15) is 11.6 Å². The largest absolute Gasteiger partial charge is 0.437 e. The maximum atomic E-state index is 6.51. The summed E-state index contributed by atoms with van der Waals surface area (Å²) in [6.07, 6.45) is 5.25. The minimum absolute atomic E-state index is 0.174. The number of hydrogen-bond donors (Lipinski definition) is 2. The zero-order valence-electron chi connectivity index (χ0n) is 17.1. The maximum absolute atomic E-state index is 6.51. The summed E-state index contributed by atoms with van der Waals surface area (Å²) in [5.41, 5.74) is 11.2. The van der Waals surface area contributed by atoms with Crippen LogP contribution in [0.3, 0.4) is 0 Å². The molecular weight excluding hydrogens is 392 g/mol. The van der Waals surface area contributed by atoms with Gasteiger partial charge in [0, 0.05) is 23.7 Å². The van der Waals surface area contributed by atoms with Crippen molar-refractivity contribution in [3.63, 3.8) is 0 Å². The Morgan fingerprint density at radius 3 is 2.33 bits per heavy atom. The van der Waals surface area contributed by atoms with Crippen LogP contribution in [0.4, 0.5) is 5.82 Å². The highest BCUT2D eigenvalue weighted by Gasteiger charge is 2.34. The van der Waals surface area contributed by atoms with Gasteiger partial charge in [-0.1, -0.05) is 66.4 Å². The average Bonchev–Trinajstić information content (AvgIpc) is 3.17. The molecule has 2 aromatic carbocycles. The van der Waals surface area contributed by atoms with E-state index in [2.05, 4.69) is 51.7 Å². The van der Waals surface area contributed by atoms with Crippen molar-refractivity contribution in [1.29, 1.82) is 0 Å². The van der Waals surface area contributed by atoms with Gasteiger partial charge in [0.2, 0.25) is 5.71 Å². The van der Waals surface area contributed by atoms with Crippen molar-refractivity contribution >= 4 is 28.7 Å². The van der Waals surface area contributed by atoms with Crippen molar-refractivity contribution in [2.24, 2.45) is 5.73 Å². The Labute approximate surface area is 180 Å². The lowest BCUT2D eigenvalue weighted by Gasteiger charge is -2.38. The molecule has 1 saturated carbocycles. The first-order valence-electron chi connectivity index (χ1n) is 10.1. The predicted octanol–water partition coefficient (Wildman–Crippen LogP) is 5.66. The number of hydrogen-bond acceptors (Lipinski definition) is 6. The summed E-state index contributed by atoms with van der Waals surface area (Å²) in [5, 5.41) is 4.80. The Morgan fingerprint density at radius 2 is 1.73 bits per heavy atom. The van der Waals surface area contributed by atoms with Gasteiger partial charge in [-0.3, -0.25) is 0 Å². The van der Waals surface area contributed by atoms with Crippen molar-refractivity contribution < 1.29 is 4.42 Å². The maximum Gasteiger partial charge on any atom is 0.233 e. The van der Waals surface area contributed by atoms with Crippen LogP contribution in [0.25, 0.3) is 33.6 Å². The number of fused-ring (bicyclic) bond motifs is 1. The van der Waals surface area contributed by atoms with E-state index >= 15 is 0 Å². The molecule has 0 bridgehead atoms. The summed E-state index contributed by atoms with van der Waals surface area (Å²) in [7, 11) is 1.88. The molecule has 0 aliphatic heterocycles. The first-order chi connectivity index (χ1) is 14.6. The second-order valence-corrected chi connectivity index (χ2v) is 8.52. The fraction of sp³-hybridized carbons (Fsp3) is 0.250. The molecule has 0 atom stereocenters. The van der Waals surface area contributed by atoms with Gasteiger partial charge in [0.25, 0.3) is 0 Å². The molecule has 0 radical (unpaired) electrons. The van der Waals surface area contributed by atoms with E-state index < -0.39 is 0 Å². The zero-order valence-corrected chi connectivity index (χ0v) is 17.9. The molecule has 0 spiro atoms. The number of nitrogens with two attached hydrogens (primary N) is 1. The van der Waals surface area contributed by atoms with E-state index in [0.29, 0.717) is 10.9 Å². The molecule has 5 rings (SSSR count). The molecule has 30 heavy (non-hydrogen) atoms. The number of aromatic nitrogens is 2. The number of rotatable bonds is 5. The molecule has 0 saturated heterocycles. The first-order valence-corrected chi connectivity index (χ1v) is 11.4. The fourth-order valence-electron chi connectivity index (χ4n) is 4.14. The molecule has 2 heterocycles. The number of furan rings is 1. The first kappa shape index (κ1) is 19.2. The van der Waals surface area contributed by atoms with Crippen LogP contribution in [-0.4, -0.2) is 23.3 Å². The molecule has 0 unspecified atom stereocenters. The molecular formula is C24H24N4OS. The topological polar surface area (TPSA) is 77.0 Å². The fourth-order valence-corrected chi connectivity index (χ4v) is 4.49. The van der Waals surface area contributed by atoms with E-state index in [1.165, 1.54) is 23.7 Å². The SMILES string of the molecule is CNc1nc(SC)nc2oc(-c3ccc(C4(N)CCC4)cc3)c(-c3ccccc3)c12. The smallest absolute Gasteiger partial charge is 0.233 e. The lowest BCUT2D eigenvalue weighted by Crippen LogP contribution is -2.43. The summed E-state index contributed by atoms with van der Waals surface area (Å²) < 4.78 is 6.35. The van der Waals surface area contributed by atoms with Crippen LogP contribution in [0, 0.1) is 0 Å². The molecule has 5 nitrogen and oxygen atoms in total. The summed E-state index contributed by atoms with van der Waals surface area (Å²) >= 11 is 1.50. The Bertz CT molecular complexity index is 1200. The lowest BCUT2D eigenvalue weighted by atomic mass is 9.72. The van der Waals surface area contributed by atoms with Crippen LogP contribution in [-0.2, 0) is 5.54 Å². The molecule has 3 N–H and O–H groups in total. The highest BCUT2D eigenvalue weighted by atomic mass is 32.2. The van der Waals surface area contributed by atoms with Gasteiger partial charge in [0.15, 0.2) is 5.16 Å². The monoisotopic (exact) mass is 416 g/mol. The average molecular weight is 417 g/mol. The van der Waals surface area contributed by atoms with Crippen LogP contribution >= 0.6 is 11.8 Å². The van der Waals surface area contributed by atoms with Crippen molar-refractivity contribution in [2.75, 3.05) is 18.6 Å². The van der Waals surface area contributed by atoms with Crippen LogP contribution in [0.1, 0.15) is 24.8 Å². The predicted molar refractivity (Wildman–Crippen MR) is 124 cm³/mol. The van der Waals surface area contributed by atoms with Crippen molar-refractivity contribution in [3.05, 3.63) is 60.2 Å². The molecule has 1 fully saturated rings. The van der Waals surface area contributed by atoms with E-state index in [1.54, 1.807) is 0 Å². The van der Waals surface area contributed by atoms with E-state index in [4.69, 9.17) is 10.2 Å². The van der Waals surface area contributed by atoms with Crippen molar-refractivity contribution in [2.45, 2.75) is 30.0 Å². The van der Waals surface area contributed by atoms with Crippen molar-refractivity contribution in [1.82, 2.24) is 9.97 Å². The number of nitrogens with one attached hydrogen (secondary N) is 1. The molecule has 4 aromatic rings. The van der Waals surface area contributed by atoms with Gasteiger partial charge in [0.05, 0.1) is 5.39 Å². The highest BCUT2D eigenvalue weighted by Crippen LogP contribution is 2.44. The number of nitrogens with zero attached hydrogens (tertiary/aromatic N) is 2. The third-order valence-corrected chi connectivity index (χ3v) is 6.53. The molecule has 1 aliphatic rings. The number of anilines is 1. The Hall–Kier alpha value is -2.83. The van der Waals surface area contributed by atoms with Gasteiger partial charge in [-0.2, -0.15) is 4.98 Å². The van der Waals surface area contributed by atoms with Gasteiger partial charge in [-0.05, 0) is 36.6 Å². The van der Waals surface area contributed by atoms with Gasteiger partial charge in [-0.15, -0.1) is 0 Å². The standard InChI is InChI=1S/C24H24N4OS/c1-26-21-19-18(15-7-4-3-5-8-15)20(29-22(19)28-23(27-21)30-2)16-9-11-17(12-10-16)24(25)13-6-14-24/h3-5,7-12H,6,13-14,25H2,1-2H3,(H,26,27,28). The Morgan fingerprint density at radius 1 is 1.00 bits per heavy atom. The van der Waals surface area contributed by atoms with Crippen LogP contribution in [0.2, 0.25) is 0 Å². The van der Waals surface area contributed by atoms with Crippen molar-refractivity contribution in [3.8, 4) is 22.5 Å². The van der Waals surface area contributed by atoms with Crippen LogP contribution in [0.5, 0.6) is 0 Å². The lowest BCUT2D eigenvalue weighted by molar-refractivity contribution is 0.253. The third kappa shape index (κ3) is 3.07. The highest BCUT2D eigenvalue weighted by molar-refractivity contribution is 7.98. The van der Waals surface area contributed by atoms with Crippen LogP contribution < -0.4 is 11.1 Å². The molecule has 0 amide bonds. The second kappa shape index (κ2) is 7.45. The minimum atomic E-state index is -0.174. The molecule has 2 aromatic heterocycles. The third-order valence-electron chi connectivity index (χ3n) is 5.98. The number of thioether (sulfide) groups is 1. The Kier molecular flexibility index (Phi) is 4.76. The molecule has 152 valence electrons. The van der Waals surface area contributed by atoms with Crippen LogP contribution in [0.15, 0.2) is 64.2 Å². The Balaban J connectivity index is 1.73. The quantitative estimate of drug-likeness (QED) is 0.323. The number of benzene rings is 2. The summed E-state index contributed by atoms with van der Waals surface area (Å²) in [4.78, 5) is 9.30. The minimum Gasteiger partial charge on any atom is -0.437 e. The summed E-state index contributed by atoms with van der Waals surface area (Å²) in [6.45, 7) is 0. The summed E-state index contributed by atoms with van der Waals surface area (Å²) in [6, 6.07) is 18.7. The molecule has 6 heteroatoms. The van der Waals surface area contributed by atoms with Gasteiger partial charge in [-0.25, -0.2) is 4.98 Å². The van der Waals surface area contributed by atoms with E-state index in [9.17, 15) is 0 Å². The van der Waals surface area contributed by atoms with E-state index in [-0.39, 0.29) is 5.54 Å². The van der Waals surface area contributed by atoms with Gasteiger partial charge >= 0.3 is 0 Å². The molecule has 1 aliphatic carbocycles. The second-order valence-electron chi connectivity index (χ2n) is 7.75.